The normalized spacial score (nSPS) is 11.6. The van der Waals surface area contributed by atoms with E-state index >= 15 is 17.6 Å². The van der Waals surface area contributed by atoms with Gasteiger partial charge in [-0.05, 0) is 137 Å². The molecule has 65 heavy (non-hydrogen) atoms. The van der Waals surface area contributed by atoms with Crippen LogP contribution in [0, 0.1) is 66.7 Å². The quantitative estimate of drug-likeness (QED) is 0.128. The van der Waals surface area contributed by atoms with Crippen LogP contribution in [0.3, 0.4) is 0 Å². The molecule has 0 fully saturated rings. The van der Waals surface area contributed by atoms with Crippen LogP contribution in [-0.2, 0) is 0 Å². The Balaban J connectivity index is 1.26. The molecular weight excluding hydrogens is 817 g/mol. The molecule has 0 aliphatic rings. The fourth-order valence-electron chi connectivity index (χ4n) is 9.88. The number of aromatic nitrogens is 1. The van der Waals surface area contributed by atoms with Crippen molar-refractivity contribution in [2.24, 2.45) is 0 Å². The Hall–Kier alpha value is -8.46. The van der Waals surface area contributed by atoms with Crippen LogP contribution in [0.15, 0.2) is 152 Å². The Kier molecular flexibility index (Phi) is 8.99. The highest BCUT2D eigenvalue weighted by Gasteiger charge is 2.26. The molecule has 0 atom stereocenters. The van der Waals surface area contributed by atoms with Crippen LogP contribution in [0.4, 0.5) is 34.6 Å². The third-order valence-electron chi connectivity index (χ3n) is 12.5. The van der Waals surface area contributed by atoms with Gasteiger partial charge in [-0.1, -0.05) is 77.9 Å². The van der Waals surface area contributed by atoms with E-state index in [2.05, 4.69) is 12.1 Å². The van der Waals surface area contributed by atoms with E-state index in [0.717, 1.165) is 66.5 Å². The molecule has 1 aromatic heterocycles. The molecule has 0 aliphatic heterocycles. The molecule has 0 saturated heterocycles. The lowest BCUT2D eigenvalue weighted by atomic mass is 9.91. The lowest BCUT2D eigenvalue weighted by Crippen LogP contribution is -2.14. The molecule has 11 aromatic rings. The molecule has 0 amide bonds. The summed E-state index contributed by atoms with van der Waals surface area (Å²) < 4.78 is 66.3. The summed E-state index contributed by atoms with van der Waals surface area (Å²) in [7, 11) is 0. The van der Waals surface area contributed by atoms with Gasteiger partial charge >= 0.3 is 0 Å². The number of halogens is 4. The lowest BCUT2D eigenvalue weighted by molar-refractivity contribution is 0.585. The van der Waals surface area contributed by atoms with E-state index in [1.54, 1.807) is 45.9 Å². The maximum absolute atomic E-state index is 16.9. The second kappa shape index (κ2) is 14.8. The van der Waals surface area contributed by atoms with E-state index in [-0.39, 0.29) is 11.2 Å². The van der Waals surface area contributed by atoms with Crippen LogP contribution >= 0.6 is 0 Å². The summed E-state index contributed by atoms with van der Waals surface area (Å²) in [6.07, 6.45) is 0. The van der Waals surface area contributed by atoms with Crippen molar-refractivity contribution in [2.75, 3.05) is 4.90 Å². The maximum Gasteiger partial charge on any atom is 0.150 e. The molecule has 11 rings (SSSR count). The van der Waals surface area contributed by atoms with Gasteiger partial charge in [0.05, 0.1) is 45.8 Å². The number of rotatable bonds is 5. The minimum atomic E-state index is -0.774. The number of nitrogens with zero attached hydrogens (tertiary/aromatic N) is 4. The molecule has 0 spiro atoms. The molecule has 4 bridgehead atoms. The second-order valence-electron chi connectivity index (χ2n) is 16.8. The Morgan fingerprint density at radius 1 is 0.492 bits per heavy atom. The highest BCUT2D eigenvalue weighted by molar-refractivity contribution is 6.27. The monoisotopic (exact) mass is 850 g/mol. The molecule has 0 unspecified atom stereocenters. The summed E-state index contributed by atoms with van der Waals surface area (Å²) in [4.78, 5) is 1.78. The van der Waals surface area contributed by atoms with Crippen molar-refractivity contribution < 1.29 is 17.6 Å². The van der Waals surface area contributed by atoms with Gasteiger partial charge in [0.15, 0.2) is 11.6 Å². The van der Waals surface area contributed by atoms with Crippen LogP contribution in [0.5, 0.6) is 0 Å². The molecule has 4 nitrogen and oxygen atoms in total. The summed E-state index contributed by atoms with van der Waals surface area (Å²) in [5, 5.41) is 27.3. The molecule has 8 heteroatoms. The zero-order chi connectivity index (χ0) is 44.8. The van der Waals surface area contributed by atoms with Gasteiger partial charge < -0.3 is 9.47 Å². The van der Waals surface area contributed by atoms with Crippen molar-refractivity contribution in [3.63, 3.8) is 0 Å². The zero-order valence-corrected chi connectivity index (χ0v) is 35.2. The Morgan fingerprint density at radius 2 is 1.12 bits per heavy atom. The SMILES string of the molecule is Cc1cc(C)cc(-c2cc(F)cc(F)c2N(c2ccc(C#N)cc2)c2ccc3ccc4c(-n5c6ccc(C#N)c(c6)c6cc(C)cc(c6)c6cc(F)cc(F)c65)ccc5ccc2c3c54)c1. The molecule has 0 aliphatic carbocycles. The minimum Gasteiger partial charge on any atom is -0.307 e. The van der Waals surface area contributed by atoms with Crippen molar-refractivity contribution >= 4 is 82.0 Å². The summed E-state index contributed by atoms with van der Waals surface area (Å²) >= 11 is 0. The number of fused-ring (bicyclic) bond motifs is 7. The van der Waals surface area contributed by atoms with Crippen LogP contribution in [0.2, 0.25) is 0 Å². The minimum absolute atomic E-state index is 0.128. The van der Waals surface area contributed by atoms with Gasteiger partial charge in [-0.25, -0.2) is 17.6 Å². The lowest BCUT2D eigenvalue weighted by Gasteiger charge is -2.30. The predicted octanol–water partition coefficient (Wildman–Crippen LogP) is 15.8. The number of hydrogen-bond acceptors (Lipinski definition) is 3. The molecule has 10 aromatic carbocycles. The molecule has 0 N–H and O–H groups in total. The van der Waals surface area contributed by atoms with Crippen molar-refractivity contribution in [2.45, 2.75) is 20.8 Å². The summed E-state index contributed by atoms with van der Waals surface area (Å²) in [6, 6.07) is 48.5. The van der Waals surface area contributed by atoms with Gasteiger partial charge in [0.2, 0.25) is 0 Å². The van der Waals surface area contributed by atoms with Gasteiger partial charge in [0, 0.05) is 50.4 Å². The fourth-order valence-corrected chi connectivity index (χ4v) is 9.88. The van der Waals surface area contributed by atoms with Crippen LogP contribution < -0.4 is 4.90 Å². The standard InChI is InChI=1S/C57H34F4N4/c1-31-18-32(2)20-38(19-31)48-24-41(58)26-50(60)56(48)64(43-11-4-34(29-62)5-12-43)52-16-9-35-8-15-46-53(17-10-36-7-14-45(52)54(35)55(36)46)65-44-13-6-37(30-63)47(28-44)39-21-33(3)22-40(23-39)49-25-42(59)27-51(61)57(49)65/h4-28H,1-3H3. The first-order valence-corrected chi connectivity index (χ1v) is 21.0. The zero-order valence-electron chi connectivity index (χ0n) is 35.2. The van der Waals surface area contributed by atoms with Gasteiger partial charge in [-0.15, -0.1) is 0 Å². The van der Waals surface area contributed by atoms with E-state index < -0.39 is 23.3 Å². The summed E-state index contributed by atoms with van der Waals surface area (Å²) in [5.41, 5.74) is 7.17. The molecular formula is C57H34F4N4. The van der Waals surface area contributed by atoms with Crippen molar-refractivity contribution in [3.8, 4) is 29.0 Å². The van der Waals surface area contributed by atoms with Crippen molar-refractivity contribution in [1.82, 2.24) is 4.57 Å². The Bertz CT molecular complexity index is 3930. The third kappa shape index (κ3) is 6.33. The van der Waals surface area contributed by atoms with Crippen LogP contribution in [0.1, 0.15) is 27.8 Å². The van der Waals surface area contributed by atoms with E-state index in [9.17, 15) is 10.5 Å². The van der Waals surface area contributed by atoms with Crippen molar-refractivity contribution in [3.05, 3.63) is 203 Å². The summed E-state index contributed by atoms with van der Waals surface area (Å²) in [6.45, 7) is 5.80. The van der Waals surface area contributed by atoms with E-state index in [0.29, 0.717) is 61.0 Å². The average Bonchev–Trinajstić information content (AvgIpc) is 3.31. The van der Waals surface area contributed by atoms with E-state index in [1.807, 2.05) is 112 Å². The number of nitriles is 2. The van der Waals surface area contributed by atoms with Crippen LogP contribution in [0.25, 0.3) is 81.7 Å². The first-order valence-electron chi connectivity index (χ1n) is 21.0. The van der Waals surface area contributed by atoms with E-state index in [4.69, 9.17) is 0 Å². The first-order chi connectivity index (χ1) is 31.5. The summed E-state index contributed by atoms with van der Waals surface area (Å²) in [5.74, 6) is -2.98. The van der Waals surface area contributed by atoms with Gasteiger partial charge in [-0.3, -0.25) is 0 Å². The maximum atomic E-state index is 16.9. The smallest absolute Gasteiger partial charge is 0.150 e. The van der Waals surface area contributed by atoms with Crippen LogP contribution in [-0.4, -0.2) is 4.57 Å². The first kappa shape index (κ1) is 39.4. The van der Waals surface area contributed by atoms with Gasteiger partial charge in [0.25, 0.3) is 0 Å². The largest absolute Gasteiger partial charge is 0.307 e. The molecule has 1 heterocycles. The highest BCUT2D eigenvalue weighted by Crippen LogP contribution is 2.49. The molecule has 310 valence electrons. The Morgan fingerprint density at radius 3 is 1.85 bits per heavy atom. The number of benzene rings is 10. The number of hydrogen-bond donors (Lipinski definition) is 0. The molecule has 0 radical (unpaired) electrons. The molecule has 0 saturated carbocycles. The highest BCUT2D eigenvalue weighted by atomic mass is 19.1. The van der Waals surface area contributed by atoms with Gasteiger partial charge in [0.1, 0.15) is 11.6 Å². The predicted molar refractivity (Wildman–Crippen MR) is 254 cm³/mol. The topological polar surface area (TPSA) is 55.8 Å². The Labute approximate surface area is 370 Å². The average molecular weight is 851 g/mol. The number of anilines is 3. The third-order valence-corrected chi connectivity index (χ3v) is 12.5. The van der Waals surface area contributed by atoms with E-state index in [1.165, 1.54) is 12.1 Å². The fraction of sp³-hybridized carbons (Fsp3) is 0.0526. The number of aryl methyl sites for hydroxylation is 3. The van der Waals surface area contributed by atoms with Gasteiger partial charge in [-0.2, -0.15) is 10.5 Å². The van der Waals surface area contributed by atoms with Crippen molar-refractivity contribution in [1.29, 1.82) is 10.5 Å². The second-order valence-corrected chi connectivity index (χ2v) is 16.8.